The zero-order chi connectivity index (χ0) is 37.3. The second-order valence-electron chi connectivity index (χ2n) is 13.1. The zero-order valence-corrected chi connectivity index (χ0v) is 31.6. The molecule has 0 radical (unpaired) electrons. The number of carbonyl (C=O) groups excluding carboxylic acids is 4. The monoisotopic (exact) mass is 766 g/mol. The summed E-state index contributed by atoms with van der Waals surface area (Å²) in [6, 6.07) is 16.8. The van der Waals surface area contributed by atoms with E-state index in [0.717, 1.165) is 11.7 Å². The maximum atomic E-state index is 16.2. The van der Waals surface area contributed by atoms with Crippen LogP contribution in [0.4, 0.5) is 8.78 Å². The molecule has 0 spiro atoms. The molecule has 0 saturated carbocycles. The molecule has 0 bridgehead atoms. The van der Waals surface area contributed by atoms with Crippen molar-refractivity contribution in [1.29, 1.82) is 0 Å². The normalized spacial score (nSPS) is 14.2. The number of hydrogen-bond acceptors (Lipinski definition) is 9. The lowest BCUT2D eigenvalue weighted by molar-refractivity contribution is 0.0560. The molecule has 0 unspecified atom stereocenters. The molecular weight excluding hydrogens is 735 g/mol. The summed E-state index contributed by atoms with van der Waals surface area (Å²) >= 11 is 3.32. The molecule has 0 aliphatic carbocycles. The van der Waals surface area contributed by atoms with Gasteiger partial charge >= 0.3 is 0 Å². The summed E-state index contributed by atoms with van der Waals surface area (Å²) in [6.07, 6.45) is 2.65. The average molecular weight is 767 g/mol. The largest absolute Gasteiger partial charge is 0.271 e. The highest BCUT2D eigenvalue weighted by Gasteiger charge is 2.40. The topological polar surface area (TPSA) is 101 Å². The number of hydrogen-bond donors (Lipinski definition) is 0. The van der Waals surface area contributed by atoms with E-state index < -0.39 is 11.6 Å². The van der Waals surface area contributed by atoms with Crippen LogP contribution >= 0.6 is 34.4 Å². The molecule has 0 atom stereocenters. The average Bonchev–Trinajstić information content (AvgIpc) is 4.02. The van der Waals surface area contributed by atoms with Gasteiger partial charge in [0.1, 0.15) is 11.0 Å². The number of nitrogens with zero attached hydrogens (tertiary/aromatic N) is 4. The van der Waals surface area contributed by atoms with Crippen molar-refractivity contribution in [3.63, 3.8) is 0 Å². The quantitative estimate of drug-likeness (QED) is 0.129. The van der Waals surface area contributed by atoms with Crippen molar-refractivity contribution in [2.24, 2.45) is 0 Å². The van der Waals surface area contributed by atoms with Crippen LogP contribution in [0.2, 0.25) is 0 Å². The van der Waals surface area contributed by atoms with Gasteiger partial charge in [0.25, 0.3) is 23.6 Å². The first-order valence-corrected chi connectivity index (χ1v) is 19.9. The fourth-order valence-electron chi connectivity index (χ4n) is 7.44. The van der Waals surface area contributed by atoms with Crippen LogP contribution in [0.15, 0.2) is 60.7 Å². The first-order valence-electron chi connectivity index (χ1n) is 17.5. The van der Waals surface area contributed by atoms with E-state index in [-0.39, 0.29) is 57.9 Å². The molecule has 3 aromatic carbocycles. The molecule has 2 aliphatic rings. The van der Waals surface area contributed by atoms with Crippen LogP contribution in [-0.4, -0.2) is 54.3 Å². The fraction of sp³-hybridized carbons (Fsp3) is 0.250. The number of rotatable bonds is 10. The number of imide groups is 2. The van der Waals surface area contributed by atoms with E-state index in [1.165, 1.54) is 32.5 Å². The van der Waals surface area contributed by atoms with E-state index in [0.29, 0.717) is 78.6 Å². The lowest BCUT2D eigenvalue weighted by Gasteiger charge is -2.23. The predicted octanol–water partition coefficient (Wildman–Crippen LogP) is 10.3. The Labute approximate surface area is 316 Å². The molecule has 2 aliphatic heterocycles. The molecule has 268 valence electrons. The van der Waals surface area contributed by atoms with Crippen molar-refractivity contribution in [2.75, 3.05) is 0 Å². The van der Waals surface area contributed by atoms with E-state index in [1.807, 2.05) is 27.7 Å². The Kier molecular flexibility index (Phi) is 8.91. The van der Waals surface area contributed by atoms with Crippen LogP contribution in [0.25, 0.3) is 52.8 Å². The van der Waals surface area contributed by atoms with E-state index in [4.69, 9.17) is 0 Å². The van der Waals surface area contributed by atoms with E-state index in [1.54, 1.807) is 60.7 Å². The lowest BCUT2D eigenvalue weighted by atomic mass is 10.0. The number of carbonyl (C=O) groups is 4. The van der Waals surface area contributed by atoms with Gasteiger partial charge in [-0.15, -0.1) is 22.7 Å². The molecule has 4 amide bonds. The predicted molar refractivity (Wildman–Crippen MR) is 205 cm³/mol. The molecular formula is C40H32F2N4O4S3. The number of benzene rings is 3. The summed E-state index contributed by atoms with van der Waals surface area (Å²) in [6.45, 7) is 7.79. The van der Waals surface area contributed by atoms with Crippen LogP contribution in [0, 0.1) is 11.6 Å². The molecule has 5 heterocycles. The highest BCUT2D eigenvalue weighted by Crippen LogP contribution is 2.46. The SMILES string of the molecule is CCC(CC)N1C(=O)c2ccc(-c3ccc(-c4c(F)c(F)c(-c5ccc(-c6ccc7c(c6)C(=O)N(C(CC)CC)C7=O)s5)c5nsnc45)s3)cc2C1=O. The minimum atomic E-state index is -1.05. The summed E-state index contributed by atoms with van der Waals surface area (Å²) in [5, 5.41) is 0. The fourth-order valence-corrected chi connectivity index (χ4v) is 10.1. The first kappa shape index (κ1) is 35.1. The van der Waals surface area contributed by atoms with Crippen molar-refractivity contribution < 1.29 is 28.0 Å². The molecule has 0 N–H and O–H groups in total. The van der Waals surface area contributed by atoms with Crippen LogP contribution in [-0.2, 0) is 0 Å². The molecule has 8 rings (SSSR count). The highest BCUT2D eigenvalue weighted by atomic mass is 32.1. The summed E-state index contributed by atoms with van der Waals surface area (Å²) in [4.78, 5) is 57.8. The van der Waals surface area contributed by atoms with Crippen LogP contribution in [0.3, 0.4) is 0 Å². The second-order valence-corrected chi connectivity index (χ2v) is 15.8. The van der Waals surface area contributed by atoms with Gasteiger partial charge in [0, 0.05) is 31.6 Å². The number of halogens is 2. The molecule has 53 heavy (non-hydrogen) atoms. The van der Waals surface area contributed by atoms with Crippen molar-refractivity contribution in [3.05, 3.63) is 94.6 Å². The number of fused-ring (bicyclic) bond motifs is 3. The van der Waals surface area contributed by atoms with Gasteiger partial charge in [-0.1, -0.05) is 39.8 Å². The van der Waals surface area contributed by atoms with Crippen LogP contribution in [0.1, 0.15) is 94.8 Å². The van der Waals surface area contributed by atoms with Crippen LogP contribution < -0.4 is 0 Å². The molecule has 6 aromatic rings. The third-order valence-corrected chi connectivity index (χ3v) is 13.2. The minimum Gasteiger partial charge on any atom is -0.271 e. The van der Waals surface area contributed by atoms with E-state index in [2.05, 4.69) is 8.75 Å². The molecule has 13 heteroatoms. The molecule has 8 nitrogen and oxygen atoms in total. The maximum absolute atomic E-state index is 16.2. The Bertz CT molecular complexity index is 2340. The minimum absolute atomic E-state index is 0.000768. The van der Waals surface area contributed by atoms with E-state index >= 15 is 8.78 Å². The number of thiophene rings is 2. The Morgan fingerprint density at radius 3 is 1.26 bits per heavy atom. The van der Waals surface area contributed by atoms with Crippen molar-refractivity contribution in [2.45, 2.75) is 65.5 Å². The summed E-state index contributed by atoms with van der Waals surface area (Å²) < 4.78 is 41.3. The first-order chi connectivity index (χ1) is 25.6. The highest BCUT2D eigenvalue weighted by molar-refractivity contribution is 7.19. The third-order valence-electron chi connectivity index (χ3n) is 10.3. The Hall–Kier alpha value is -4.98. The number of amides is 4. The van der Waals surface area contributed by atoms with Crippen molar-refractivity contribution >= 4 is 69.1 Å². The Morgan fingerprint density at radius 1 is 0.528 bits per heavy atom. The summed E-state index contributed by atoms with van der Waals surface area (Å²) in [5.74, 6) is -3.35. The third kappa shape index (κ3) is 5.39. The van der Waals surface area contributed by atoms with Gasteiger partial charge in [-0.05, 0) is 85.3 Å². The summed E-state index contributed by atoms with van der Waals surface area (Å²) in [5.41, 5.74) is 3.22. The van der Waals surface area contributed by atoms with Crippen molar-refractivity contribution in [1.82, 2.24) is 18.5 Å². The number of aromatic nitrogens is 2. The van der Waals surface area contributed by atoms with Crippen LogP contribution in [0.5, 0.6) is 0 Å². The smallest absolute Gasteiger partial charge is 0.261 e. The van der Waals surface area contributed by atoms with Gasteiger partial charge in [0.05, 0.1) is 45.1 Å². The maximum Gasteiger partial charge on any atom is 0.261 e. The lowest BCUT2D eigenvalue weighted by Crippen LogP contribution is -2.39. The van der Waals surface area contributed by atoms with Gasteiger partial charge < -0.3 is 0 Å². The second kappa shape index (κ2) is 13.5. The van der Waals surface area contributed by atoms with Gasteiger partial charge in [0.15, 0.2) is 11.6 Å². The standard InChI is InChI=1S/C40H32F2N4O4S3/c1-5-21(6-2)45-37(47)23-11-9-19(17-25(23)39(45)49)27-13-15-29(51-27)31-33(41)34(42)32(36-35(31)43-53-44-36)30-16-14-28(52-30)20-10-12-24-26(18-20)40(50)46(38(24)48)22(7-3)8-4/h9-18,21-22H,5-8H2,1-4H3. The van der Waals surface area contributed by atoms with Gasteiger partial charge in [-0.2, -0.15) is 8.75 Å². The zero-order valence-electron chi connectivity index (χ0n) is 29.2. The van der Waals surface area contributed by atoms with Crippen molar-refractivity contribution in [3.8, 4) is 41.8 Å². The Balaban J connectivity index is 1.12. The van der Waals surface area contributed by atoms with Gasteiger partial charge in [-0.25, -0.2) is 8.78 Å². The molecule has 0 fully saturated rings. The molecule has 0 saturated heterocycles. The molecule has 3 aromatic heterocycles. The summed E-state index contributed by atoms with van der Waals surface area (Å²) in [7, 11) is 0. The Morgan fingerprint density at radius 2 is 0.887 bits per heavy atom. The van der Waals surface area contributed by atoms with Gasteiger partial charge in [0.2, 0.25) is 0 Å². The van der Waals surface area contributed by atoms with Gasteiger partial charge in [-0.3, -0.25) is 29.0 Å². The van der Waals surface area contributed by atoms with E-state index in [9.17, 15) is 19.2 Å².